The lowest BCUT2D eigenvalue weighted by Gasteiger charge is -2.14. The van der Waals surface area contributed by atoms with Crippen molar-refractivity contribution in [2.75, 3.05) is 0 Å². The van der Waals surface area contributed by atoms with Crippen LogP contribution in [0.4, 0.5) is 0 Å². The first-order valence-electron chi connectivity index (χ1n) is 5.27. The van der Waals surface area contributed by atoms with Gasteiger partial charge in [0.05, 0.1) is 10.5 Å². The lowest BCUT2D eigenvalue weighted by Crippen LogP contribution is -2.36. The van der Waals surface area contributed by atoms with Gasteiger partial charge in [-0.2, -0.15) is 0 Å². The molecule has 1 atom stereocenters. The van der Waals surface area contributed by atoms with E-state index in [0.29, 0.717) is 4.47 Å². The van der Waals surface area contributed by atoms with E-state index >= 15 is 0 Å². The molecule has 0 bridgehead atoms. The first-order valence-corrected chi connectivity index (χ1v) is 7.61. The molecule has 0 radical (unpaired) electrons. The van der Waals surface area contributed by atoms with Gasteiger partial charge in [0.15, 0.2) is 9.84 Å². The average Bonchev–Trinajstić information content (AvgIpc) is 2.28. The van der Waals surface area contributed by atoms with Gasteiger partial charge in [-0.25, -0.2) is 13.2 Å². The van der Waals surface area contributed by atoms with E-state index in [-0.39, 0.29) is 12.0 Å². The minimum absolute atomic E-state index is 0.0246. The Labute approximate surface area is 118 Å². The van der Waals surface area contributed by atoms with Crippen molar-refractivity contribution >= 4 is 37.6 Å². The second kappa shape index (κ2) is 5.70. The molecule has 1 amide bonds. The van der Waals surface area contributed by atoms with Gasteiger partial charge < -0.3 is 10.8 Å². The molecule has 1 rings (SSSR count). The van der Waals surface area contributed by atoms with Crippen LogP contribution in [-0.4, -0.2) is 30.7 Å². The van der Waals surface area contributed by atoms with Crippen LogP contribution in [0.2, 0.25) is 0 Å². The number of sulfone groups is 1. The van der Waals surface area contributed by atoms with E-state index < -0.39 is 31.9 Å². The maximum Gasteiger partial charge on any atom is 0.337 e. The Morgan fingerprint density at radius 3 is 2.42 bits per heavy atom. The van der Waals surface area contributed by atoms with Crippen LogP contribution in [0.3, 0.4) is 0 Å². The summed E-state index contributed by atoms with van der Waals surface area (Å²) < 4.78 is 25.0. The normalized spacial score (nSPS) is 12.9. The van der Waals surface area contributed by atoms with Gasteiger partial charge in [0.2, 0.25) is 5.91 Å². The summed E-state index contributed by atoms with van der Waals surface area (Å²) in [6, 6.07) is 3.73. The average molecular weight is 350 g/mol. The molecule has 104 valence electrons. The molecule has 8 heteroatoms. The summed E-state index contributed by atoms with van der Waals surface area (Å²) in [6.45, 7) is 1.49. The van der Waals surface area contributed by atoms with Crippen molar-refractivity contribution in [2.45, 2.75) is 23.5 Å². The third-order valence-corrected chi connectivity index (χ3v) is 5.30. The molecule has 1 aromatic rings. The molecule has 0 aliphatic heterocycles. The summed E-state index contributed by atoms with van der Waals surface area (Å²) in [6.07, 6.45) is -0.0246. The fourth-order valence-corrected chi connectivity index (χ4v) is 3.95. The highest BCUT2D eigenvalue weighted by atomic mass is 79.9. The SMILES string of the molecule is CCC(C(N)=O)S(=O)(=O)c1cc(Br)ccc1C(=O)O. The summed E-state index contributed by atoms with van der Waals surface area (Å²) in [4.78, 5) is 21.8. The van der Waals surface area contributed by atoms with E-state index in [0.717, 1.165) is 12.1 Å². The minimum Gasteiger partial charge on any atom is -0.478 e. The lowest BCUT2D eigenvalue weighted by atomic mass is 10.2. The van der Waals surface area contributed by atoms with Gasteiger partial charge in [0, 0.05) is 4.47 Å². The van der Waals surface area contributed by atoms with Crippen LogP contribution in [0.25, 0.3) is 0 Å². The van der Waals surface area contributed by atoms with E-state index in [4.69, 9.17) is 10.8 Å². The number of nitrogens with two attached hydrogens (primary N) is 1. The molecule has 1 aromatic carbocycles. The molecule has 0 fully saturated rings. The molecular formula is C11H12BrNO5S. The first kappa shape index (κ1) is 15.6. The number of primary amides is 1. The number of carbonyl (C=O) groups excluding carboxylic acids is 1. The van der Waals surface area contributed by atoms with E-state index in [9.17, 15) is 18.0 Å². The van der Waals surface area contributed by atoms with E-state index in [1.807, 2.05) is 0 Å². The molecule has 0 heterocycles. The number of rotatable bonds is 5. The number of carboxylic acid groups (broad SMARTS) is 1. The van der Waals surface area contributed by atoms with Gasteiger partial charge in [-0.3, -0.25) is 4.79 Å². The highest BCUT2D eigenvalue weighted by Gasteiger charge is 2.34. The highest BCUT2D eigenvalue weighted by Crippen LogP contribution is 2.26. The molecule has 0 spiro atoms. The predicted octanol–water partition coefficient (Wildman–Crippen LogP) is 1.18. The standard InChI is InChI=1S/C11H12BrNO5S/c1-2-8(10(13)14)19(17,18)9-5-6(12)3-4-7(9)11(15)16/h3-5,8H,2H2,1H3,(H2,13,14)(H,15,16). The minimum atomic E-state index is -4.13. The molecule has 19 heavy (non-hydrogen) atoms. The van der Waals surface area contributed by atoms with Gasteiger partial charge in [-0.05, 0) is 24.6 Å². The van der Waals surface area contributed by atoms with Gasteiger partial charge in [0.25, 0.3) is 0 Å². The number of benzene rings is 1. The zero-order valence-corrected chi connectivity index (χ0v) is 12.4. The van der Waals surface area contributed by atoms with E-state index in [1.165, 1.54) is 13.0 Å². The van der Waals surface area contributed by atoms with E-state index in [2.05, 4.69) is 15.9 Å². The molecule has 6 nitrogen and oxygen atoms in total. The van der Waals surface area contributed by atoms with Gasteiger partial charge in [-0.1, -0.05) is 22.9 Å². The Bertz CT molecular complexity index is 626. The fourth-order valence-electron chi connectivity index (χ4n) is 1.64. The predicted molar refractivity (Wildman–Crippen MR) is 71.6 cm³/mol. The molecule has 0 saturated heterocycles. The number of amides is 1. The van der Waals surface area contributed by atoms with Crippen LogP contribution in [-0.2, 0) is 14.6 Å². The van der Waals surface area contributed by atoms with Crippen LogP contribution >= 0.6 is 15.9 Å². The molecule has 0 aliphatic carbocycles. The van der Waals surface area contributed by atoms with Crippen molar-refractivity contribution in [2.24, 2.45) is 5.73 Å². The van der Waals surface area contributed by atoms with Crippen LogP contribution in [0, 0.1) is 0 Å². The Balaban J connectivity index is 3.56. The number of aromatic carboxylic acids is 1. The smallest absolute Gasteiger partial charge is 0.337 e. The van der Waals surface area contributed by atoms with E-state index in [1.54, 1.807) is 0 Å². The van der Waals surface area contributed by atoms with Gasteiger partial charge in [0.1, 0.15) is 5.25 Å². The van der Waals surface area contributed by atoms with Gasteiger partial charge in [-0.15, -0.1) is 0 Å². The second-order valence-corrected chi connectivity index (χ2v) is 6.80. The van der Waals surface area contributed by atoms with Crippen molar-refractivity contribution in [3.05, 3.63) is 28.2 Å². The van der Waals surface area contributed by atoms with Crippen molar-refractivity contribution in [3.8, 4) is 0 Å². The summed E-state index contributed by atoms with van der Waals surface area (Å²) in [5, 5.41) is 7.57. The number of carbonyl (C=O) groups is 2. The van der Waals surface area contributed by atoms with Crippen LogP contribution < -0.4 is 5.73 Å². The number of halogens is 1. The zero-order valence-electron chi connectivity index (χ0n) is 9.96. The van der Waals surface area contributed by atoms with Crippen molar-refractivity contribution in [1.82, 2.24) is 0 Å². The zero-order chi connectivity index (χ0) is 14.8. The number of carboxylic acids is 1. The molecular weight excluding hydrogens is 338 g/mol. The Kier molecular flexibility index (Phi) is 4.70. The monoisotopic (exact) mass is 349 g/mol. The summed E-state index contributed by atoms with van der Waals surface area (Å²) in [7, 11) is -4.13. The lowest BCUT2D eigenvalue weighted by molar-refractivity contribution is -0.117. The third-order valence-electron chi connectivity index (χ3n) is 2.54. The Hall–Kier alpha value is -1.41. The van der Waals surface area contributed by atoms with Crippen molar-refractivity contribution < 1.29 is 23.1 Å². The van der Waals surface area contributed by atoms with Crippen LogP contribution in [0.15, 0.2) is 27.6 Å². The molecule has 0 saturated carbocycles. The van der Waals surface area contributed by atoms with Gasteiger partial charge >= 0.3 is 5.97 Å². The maximum atomic E-state index is 12.3. The maximum absolute atomic E-state index is 12.3. The quantitative estimate of drug-likeness (QED) is 0.828. The fraction of sp³-hybridized carbons (Fsp3) is 0.273. The molecule has 0 aromatic heterocycles. The molecule has 1 unspecified atom stereocenters. The van der Waals surface area contributed by atoms with Crippen molar-refractivity contribution in [1.29, 1.82) is 0 Å². The Morgan fingerprint density at radius 1 is 1.42 bits per heavy atom. The van der Waals surface area contributed by atoms with Crippen LogP contribution in [0.1, 0.15) is 23.7 Å². The largest absolute Gasteiger partial charge is 0.478 e. The summed E-state index contributed by atoms with van der Waals surface area (Å²) >= 11 is 3.07. The highest BCUT2D eigenvalue weighted by molar-refractivity contribution is 9.10. The summed E-state index contributed by atoms with van der Waals surface area (Å²) in [5.41, 5.74) is 4.67. The Morgan fingerprint density at radius 2 is 2.00 bits per heavy atom. The number of hydrogen-bond donors (Lipinski definition) is 2. The van der Waals surface area contributed by atoms with Crippen molar-refractivity contribution in [3.63, 3.8) is 0 Å². The molecule has 0 aliphatic rings. The summed E-state index contributed by atoms with van der Waals surface area (Å²) in [5.74, 6) is -2.38. The number of hydrogen-bond acceptors (Lipinski definition) is 4. The first-order chi connectivity index (χ1) is 8.71. The third kappa shape index (κ3) is 3.13. The topological polar surface area (TPSA) is 115 Å². The molecule has 3 N–H and O–H groups in total. The second-order valence-electron chi connectivity index (χ2n) is 3.79. The van der Waals surface area contributed by atoms with Crippen LogP contribution in [0.5, 0.6) is 0 Å².